The van der Waals surface area contributed by atoms with Gasteiger partial charge in [-0.25, -0.2) is 0 Å². The van der Waals surface area contributed by atoms with E-state index in [1.54, 1.807) is 0 Å². The fraction of sp³-hybridized carbons (Fsp3) is 0.571. The smallest absolute Gasteiger partial charge is 0.0595 e. The minimum Gasteiger partial charge on any atom is -0.396 e. The van der Waals surface area contributed by atoms with Gasteiger partial charge in [-0.3, -0.25) is 0 Å². The van der Waals surface area contributed by atoms with Gasteiger partial charge in [0.25, 0.3) is 0 Å². The maximum absolute atomic E-state index is 9.09. The number of hydrogen-bond donors (Lipinski definition) is 2. The van der Waals surface area contributed by atoms with Crippen LogP contribution in [0.1, 0.15) is 31.2 Å². The van der Waals surface area contributed by atoms with Gasteiger partial charge in [0.15, 0.2) is 0 Å². The van der Waals surface area contributed by atoms with Gasteiger partial charge < -0.3 is 10.4 Å². The van der Waals surface area contributed by atoms with Gasteiger partial charge in [0, 0.05) is 18.6 Å². The molecule has 1 aliphatic heterocycles. The first kappa shape index (κ1) is 14.1. The van der Waals surface area contributed by atoms with Gasteiger partial charge in [-0.15, -0.1) is 0 Å². The van der Waals surface area contributed by atoms with Crippen LogP contribution in [-0.4, -0.2) is 24.8 Å². The Bertz CT molecular complexity index is 403. The molecule has 2 rings (SSSR count). The Kier molecular flexibility index (Phi) is 4.91. The second kappa shape index (κ2) is 6.25. The summed E-state index contributed by atoms with van der Waals surface area (Å²) in [5.74, 6) is 0. The minimum absolute atomic E-state index is 0.0925. The van der Waals surface area contributed by atoms with Crippen molar-refractivity contribution in [3.05, 3.63) is 33.8 Å². The summed E-state index contributed by atoms with van der Waals surface area (Å²) in [5, 5.41) is 13.8. The number of rotatable bonds is 4. The predicted octanol–water partition coefficient (Wildman–Crippen LogP) is 3.39. The number of benzene rings is 1. The highest BCUT2D eigenvalue weighted by Gasteiger charge is 2.33. The third-order valence-corrected chi connectivity index (χ3v) is 4.56. The van der Waals surface area contributed by atoms with Crippen molar-refractivity contribution in [1.82, 2.24) is 5.32 Å². The number of piperidine rings is 1. The first-order valence-corrected chi connectivity index (χ1v) is 7.21. The van der Waals surface area contributed by atoms with Crippen molar-refractivity contribution < 1.29 is 5.11 Å². The van der Waals surface area contributed by atoms with Crippen LogP contribution in [0.2, 0.25) is 10.0 Å². The second-order valence-corrected chi connectivity index (χ2v) is 5.83. The van der Waals surface area contributed by atoms with E-state index in [0.29, 0.717) is 10.0 Å². The van der Waals surface area contributed by atoms with Crippen molar-refractivity contribution in [3.63, 3.8) is 0 Å². The van der Waals surface area contributed by atoms with Gasteiger partial charge in [-0.05, 0) is 49.9 Å². The van der Waals surface area contributed by atoms with Crippen LogP contribution in [0.25, 0.3) is 0 Å². The molecule has 0 radical (unpaired) electrons. The molecule has 1 aromatic carbocycles. The molecule has 0 aromatic heterocycles. The molecule has 1 fully saturated rings. The monoisotopic (exact) mass is 287 g/mol. The van der Waals surface area contributed by atoms with Gasteiger partial charge in [0.2, 0.25) is 0 Å². The molecular formula is C14H19Cl2NO. The number of aliphatic hydroxyl groups excluding tert-OH is 1. The third kappa shape index (κ3) is 3.00. The minimum atomic E-state index is 0.0925. The standard InChI is InChI=1S/C14H19Cl2NO/c15-12-4-3-11(9-13(12)16)14(6-2-8-18)5-1-7-17-10-14/h3-4,9,17-18H,1-2,5-8,10H2/t14-/m1/s1. The van der Waals surface area contributed by atoms with Crippen molar-refractivity contribution in [2.24, 2.45) is 0 Å². The molecule has 0 unspecified atom stereocenters. The average molecular weight is 288 g/mol. The van der Waals surface area contributed by atoms with Crippen LogP contribution in [-0.2, 0) is 5.41 Å². The average Bonchev–Trinajstić information content (AvgIpc) is 2.40. The van der Waals surface area contributed by atoms with E-state index in [4.69, 9.17) is 28.3 Å². The van der Waals surface area contributed by atoms with Gasteiger partial charge in [0.05, 0.1) is 10.0 Å². The van der Waals surface area contributed by atoms with Crippen LogP contribution in [0.3, 0.4) is 0 Å². The third-order valence-electron chi connectivity index (χ3n) is 3.82. The first-order chi connectivity index (χ1) is 8.68. The molecule has 1 atom stereocenters. The Morgan fingerprint density at radius 1 is 1.28 bits per heavy atom. The molecule has 1 aromatic rings. The van der Waals surface area contributed by atoms with E-state index in [0.717, 1.165) is 38.8 Å². The Hall–Kier alpha value is -0.280. The number of aliphatic hydroxyl groups is 1. The molecule has 1 saturated heterocycles. The van der Waals surface area contributed by atoms with E-state index in [1.165, 1.54) is 5.56 Å². The second-order valence-electron chi connectivity index (χ2n) is 5.02. The lowest BCUT2D eigenvalue weighted by Gasteiger charge is -2.38. The topological polar surface area (TPSA) is 32.3 Å². The highest BCUT2D eigenvalue weighted by molar-refractivity contribution is 6.42. The maximum atomic E-state index is 9.09. The summed E-state index contributed by atoms with van der Waals surface area (Å²) in [6, 6.07) is 5.92. The highest BCUT2D eigenvalue weighted by atomic mass is 35.5. The molecule has 18 heavy (non-hydrogen) atoms. The number of hydrogen-bond acceptors (Lipinski definition) is 2. The molecule has 2 nitrogen and oxygen atoms in total. The Labute approximate surface area is 118 Å². The van der Waals surface area contributed by atoms with E-state index in [-0.39, 0.29) is 12.0 Å². The lowest BCUT2D eigenvalue weighted by Crippen LogP contribution is -2.43. The Morgan fingerprint density at radius 2 is 2.11 bits per heavy atom. The number of halogens is 2. The first-order valence-electron chi connectivity index (χ1n) is 6.45. The van der Waals surface area contributed by atoms with Crippen LogP contribution >= 0.6 is 23.2 Å². The Balaban J connectivity index is 2.29. The lowest BCUT2D eigenvalue weighted by molar-refractivity contribution is 0.234. The van der Waals surface area contributed by atoms with E-state index >= 15 is 0 Å². The predicted molar refractivity (Wildman–Crippen MR) is 76.6 cm³/mol. The summed E-state index contributed by atoms with van der Waals surface area (Å²) in [5.41, 5.74) is 1.33. The summed E-state index contributed by atoms with van der Waals surface area (Å²) in [6.45, 7) is 2.26. The van der Waals surface area contributed by atoms with Crippen LogP contribution in [0.4, 0.5) is 0 Å². The largest absolute Gasteiger partial charge is 0.396 e. The van der Waals surface area contributed by atoms with Gasteiger partial charge >= 0.3 is 0 Å². The Morgan fingerprint density at radius 3 is 2.72 bits per heavy atom. The molecule has 1 aliphatic rings. The molecule has 0 saturated carbocycles. The fourth-order valence-corrected chi connectivity index (χ4v) is 3.11. The molecule has 0 aliphatic carbocycles. The molecule has 1 heterocycles. The quantitative estimate of drug-likeness (QED) is 0.890. The summed E-state index contributed by atoms with van der Waals surface area (Å²) >= 11 is 12.1. The number of nitrogens with one attached hydrogen (secondary N) is 1. The van der Waals surface area contributed by atoms with Crippen LogP contribution in [0.15, 0.2) is 18.2 Å². The van der Waals surface area contributed by atoms with Crippen LogP contribution in [0.5, 0.6) is 0 Å². The lowest BCUT2D eigenvalue weighted by atomic mass is 9.71. The molecule has 0 amide bonds. The summed E-state index contributed by atoms with van der Waals surface area (Å²) in [6.07, 6.45) is 4.10. The van der Waals surface area contributed by atoms with Gasteiger partial charge in [0.1, 0.15) is 0 Å². The van der Waals surface area contributed by atoms with Crippen molar-refractivity contribution in [1.29, 1.82) is 0 Å². The fourth-order valence-electron chi connectivity index (χ4n) is 2.82. The normalized spacial score (nSPS) is 24.2. The van der Waals surface area contributed by atoms with Crippen LogP contribution < -0.4 is 5.32 Å². The van der Waals surface area contributed by atoms with E-state index in [2.05, 4.69) is 11.4 Å². The molecule has 2 N–H and O–H groups in total. The van der Waals surface area contributed by atoms with E-state index < -0.39 is 0 Å². The van der Waals surface area contributed by atoms with Crippen molar-refractivity contribution in [2.45, 2.75) is 31.1 Å². The summed E-state index contributed by atoms with van der Waals surface area (Å²) < 4.78 is 0. The molecule has 100 valence electrons. The molecular weight excluding hydrogens is 269 g/mol. The highest BCUT2D eigenvalue weighted by Crippen LogP contribution is 2.38. The molecule has 0 bridgehead atoms. The molecule has 0 spiro atoms. The zero-order valence-corrected chi connectivity index (χ0v) is 11.9. The SMILES string of the molecule is OCCC[C@]1(c2ccc(Cl)c(Cl)c2)CCCNC1. The maximum Gasteiger partial charge on any atom is 0.0595 e. The van der Waals surface area contributed by atoms with Crippen molar-refractivity contribution in [3.8, 4) is 0 Å². The summed E-state index contributed by atoms with van der Waals surface area (Å²) in [7, 11) is 0. The van der Waals surface area contributed by atoms with Crippen LogP contribution in [0, 0.1) is 0 Å². The van der Waals surface area contributed by atoms with Gasteiger partial charge in [-0.1, -0.05) is 29.3 Å². The van der Waals surface area contributed by atoms with Crippen molar-refractivity contribution >= 4 is 23.2 Å². The van der Waals surface area contributed by atoms with Crippen molar-refractivity contribution in [2.75, 3.05) is 19.7 Å². The zero-order valence-electron chi connectivity index (χ0n) is 10.4. The zero-order chi connectivity index (χ0) is 13.0. The summed E-state index contributed by atoms with van der Waals surface area (Å²) in [4.78, 5) is 0. The van der Waals surface area contributed by atoms with E-state index in [9.17, 15) is 0 Å². The molecule has 4 heteroatoms. The van der Waals surface area contributed by atoms with Gasteiger partial charge in [-0.2, -0.15) is 0 Å². The van der Waals surface area contributed by atoms with E-state index in [1.807, 2.05) is 12.1 Å².